The molecule has 0 radical (unpaired) electrons. The predicted molar refractivity (Wildman–Crippen MR) is 90.2 cm³/mol. The molecule has 1 saturated heterocycles. The maximum absolute atomic E-state index is 12.3. The zero-order chi connectivity index (χ0) is 16.4. The van der Waals surface area contributed by atoms with Gasteiger partial charge >= 0.3 is 0 Å². The van der Waals surface area contributed by atoms with Crippen LogP contribution in [0.1, 0.15) is 43.4 Å². The number of hydrogen-bond acceptors (Lipinski definition) is 4. The first-order chi connectivity index (χ1) is 11.1. The highest BCUT2D eigenvalue weighted by molar-refractivity contribution is 5.76. The molecule has 3 rings (SSSR count). The average Bonchev–Trinajstić information content (AvgIpc) is 3.12. The highest BCUT2D eigenvalue weighted by Crippen LogP contribution is 2.30. The van der Waals surface area contributed by atoms with Gasteiger partial charge in [0.2, 0.25) is 5.91 Å². The first-order valence-electron chi connectivity index (χ1n) is 8.55. The molecule has 2 unspecified atom stereocenters. The molecule has 0 saturated carbocycles. The van der Waals surface area contributed by atoms with Crippen molar-refractivity contribution in [2.45, 2.75) is 58.2 Å². The summed E-state index contributed by atoms with van der Waals surface area (Å²) in [4.78, 5) is 12.3. The van der Waals surface area contributed by atoms with Crippen molar-refractivity contribution in [1.29, 1.82) is 0 Å². The third-order valence-corrected chi connectivity index (χ3v) is 5.22. The predicted octanol–water partition coefficient (Wildman–Crippen LogP) is 1.69. The number of hydrogen-bond donors (Lipinski definition) is 3. The van der Waals surface area contributed by atoms with Gasteiger partial charge in [-0.1, -0.05) is 6.07 Å². The van der Waals surface area contributed by atoms with Crippen LogP contribution in [0.4, 0.5) is 0 Å². The lowest BCUT2D eigenvalue weighted by atomic mass is 9.93. The van der Waals surface area contributed by atoms with Crippen LogP contribution in [0.25, 0.3) is 0 Å². The van der Waals surface area contributed by atoms with Crippen LogP contribution in [0.15, 0.2) is 12.1 Å². The Bertz CT molecular complexity index is 578. The van der Waals surface area contributed by atoms with Crippen LogP contribution < -0.4 is 20.9 Å². The van der Waals surface area contributed by atoms with Crippen LogP contribution in [-0.2, 0) is 24.2 Å². The van der Waals surface area contributed by atoms with Gasteiger partial charge in [-0.05, 0) is 50.3 Å². The van der Waals surface area contributed by atoms with E-state index in [-0.39, 0.29) is 5.91 Å². The summed E-state index contributed by atoms with van der Waals surface area (Å²) < 4.78 is 5.50. The number of fused-ring (bicyclic) bond motifs is 1. The van der Waals surface area contributed by atoms with Crippen LogP contribution in [0, 0.1) is 5.92 Å². The van der Waals surface area contributed by atoms with Gasteiger partial charge in [0.25, 0.3) is 0 Å². The van der Waals surface area contributed by atoms with Crippen molar-refractivity contribution in [3.05, 3.63) is 28.8 Å². The number of amides is 1. The Morgan fingerprint density at radius 1 is 1.22 bits per heavy atom. The fourth-order valence-electron chi connectivity index (χ4n) is 3.72. The molecule has 23 heavy (non-hydrogen) atoms. The molecule has 0 bridgehead atoms. The van der Waals surface area contributed by atoms with Crippen LogP contribution in [-0.4, -0.2) is 25.1 Å². The second kappa shape index (κ2) is 6.89. The van der Waals surface area contributed by atoms with Crippen molar-refractivity contribution in [2.24, 2.45) is 5.92 Å². The van der Waals surface area contributed by atoms with Gasteiger partial charge in [-0.15, -0.1) is 0 Å². The van der Waals surface area contributed by atoms with Crippen LogP contribution in [0.5, 0.6) is 5.75 Å². The topological polar surface area (TPSA) is 62.4 Å². The molecule has 3 N–H and O–H groups in total. The molecule has 2 atom stereocenters. The van der Waals surface area contributed by atoms with Gasteiger partial charge in [-0.25, -0.2) is 0 Å². The number of carbonyl (C=O) groups is 1. The number of methoxy groups -OCH3 is 1. The zero-order valence-corrected chi connectivity index (χ0v) is 14.2. The van der Waals surface area contributed by atoms with E-state index < -0.39 is 0 Å². The van der Waals surface area contributed by atoms with Crippen LogP contribution >= 0.6 is 0 Å². The molecule has 126 valence electrons. The van der Waals surface area contributed by atoms with Gasteiger partial charge < -0.3 is 10.1 Å². The van der Waals surface area contributed by atoms with Crippen molar-refractivity contribution < 1.29 is 9.53 Å². The first kappa shape index (κ1) is 16.3. The zero-order valence-electron chi connectivity index (χ0n) is 14.2. The fraction of sp³-hybridized carbons (Fsp3) is 0.611. The van der Waals surface area contributed by atoms with E-state index in [1.165, 1.54) is 17.5 Å². The molecule has 0 aromatic heterocycles. The van der Waals surface area contributed by atoms with Gasteiger partial charge in [0.05, 0.1) is 7.11 Å². The second-order valence-electron chi connectivity index (χ2n) is 6.80. The first-order valence-corrected chi connectivity index (χ1v) is 8.55. The third-order valence-electron chi connectivity index (χ3n) is 5.22. The molecule has 1 amide bonds. The molecule has 5 nitrogen and oxygen atoms in total. The van der Waals surface area contributed by atoms with Crippen molar-refractivity contribution in [3.8, 4) is 5.75 Å². The molecule has 1 fully saturated rings. The Morgan fingerprint density at radius 3 is 2.52 bits per heavy atom. The number of aryl methyl sites for hydroxylation is 2. The molecular formula is C18H27N3O2. The van der Waals surface area contributed by atoms with E-state index in [4.69, 9.17) is 4.74 Å². The number of nitrogens with one attached hydrogen (secondary N) is 3. The number of benzene rings is 1. The monoisotopic (exact) mass is 317 g/mol. The number of hydrazine groups is 1. The minimum atomic E-state index is 0.0988. The van der Waals surface area contributed by atoms with E-state index in [0.29, 0.717) is 31.0 Å². The Hall–Kier alpha value is -1.59. The Balaban J connectivity index is 1.60. The molecular weight excluding hydrogens is 290 g/mol. The second-order valence-corrected chi connectivity index (χ2v) is 6.80. The third kappa shape index (κ3) is 3.51. The van der Waals surface area contributed by atoms with Crippen molar-refractivity contribution >= 4 is 5.91 Å². The van der Waals surface area contributed by atoms with Crippen molar-refractivity contribution in [3.63, 3.8) is 0 Å². The van der Waals surface area contributed by atoms with Crippen molar-refractivity contribution in [2.75, 3.05) is 7.11 Å². The minimum Gasteiger partial charge on any atom is -0.496 e. The van der Waals surface area contributed by atoms with E-state index in [1.54, 1.807) is 7.11 Å². The summed E-state index contributed by atoms with van der Waals surface area (Å²) in [6.07, 6.45) is 4.02. The highest BCUT2D eigenvalue weighted by atomic mass is 16.5. The molecule has 1 aliphatic heterocycles. The van der Waals surface area contributed by atoms with Gasteiger partial charge in [-0.2, -0.15) is 0 Å². The molecule has 1 heterocycles. The minimum absolute atomic E-state index is 0.0988. The smallest absolute Gasteiger partial charge is 0.220 e. The summed E-state index contributed by atoms with van der Waals surface area (Å²) in [5, 5.41) is 3.06. The summed E-state index contributed by atoms with van der Waals surface area (Å²) in [7, 11) is 1.70. The van der Waals surface area contributed by atoms with Crippen LogP contribution in [0.3, 0.4) is 0 Å². The highest BCUT2D eigenvalue weighted by Gasteiger charge is 2.31. The number of rotatable bonds is 5. The molecule has 0 spiro atoms. The summed E-state index contributed by atoms with van der Waals surface area (Å²) in [5.41, 5.74) is 10.3. The number of carbonyl (C=O) groups excluding carboxylic acids is 1. The largest absolute Gasteiger partial charge is 0.496 e. The summed E-state index contributed by atoms with van der Waals surface area (Å²) in [5.74, 6) is 1.30. The van der Waals surface area contributed by atoms with Gasteiger partial charge in [-0.3, -0.25) is 15.6 Å². The quantitative estimate of drug-likeness (QED) is 0.773. The molecule has 1 aromatic rings. The summed E-state index contributed by atoms with van der Waals surface area (Å²) in [6.45, 7) is 4.75. The van der Waals surface area contributed by atoms with E-state index in [9.17, 15) is 4.79 Å². The van der Waals surface area contributed by atoms with Crippen LogP contribution in [0.2, 0.25) is 0 Å². The van der Waals surface area contributed by atoms with Gasteiger partial charge in [0.1, 0.15) is 5.75 Å². The summed E-state index contributed by atoms with van der Waals surface area (Å²) >= 11 is 0. The molecule has 1 aromatic carbocycles. The Morgan fingerprint density at radius 2 is 1.87 bits per heavy atom. The number of ether oxygens (including phenoxy) is 1. The Kier molecular flexibility index (Phi) is 4.87. The van der Waals surface area contributed by atoms with E-state index >= 15 is 0 Å². The van der Waals surface area contributed by atoms with E-state index in [2.05, 4.69) is 42.1 Å². The van der Waals surface area contributed by atoms with E-state index in [1.807, 2.05) is 0 Å². The lowest BCUT2D eigenvalue weighted by Gasteiger charge is -2.18. The average molecular weight is 317 g/mol. The van der Waals surface area contributed by atoms with Gasteiger partial charge in [0, 0.05) is 36.5 Å². The lowest BCUT2D eigenvalue weighted by Crippen LogP contribution is -2.32. The lowest BCUT2D eigenvalue weighted by molar-refractivity contribution is -0.122. The Labute approximate surface area is 138 Å². The fourth-order valence-corrected chi connectivity index (χ4v) is 3.72. The normalized spacial score (nSPS) is 26.1. The molecule has 1 aliphatic carbocycles. The SMILES string of the molecule is COc1cc2c(cc1CNC(=O)CC1C(C)NNC1C)CCC2. The molecule has 5 heteroatoms. The van der Waals surface area contributed by atoms with E-state index in [0.717, 1.165) is 24.2 Å². The standard InChI is InChI=1S/C18H27N3O2/c1-11-16(12(2)21-20-11)9-18(22)19-10-15-7-13-5-4-6-14(13)8-17(15)23-3/h7-8,11-12,16,20-21H,4-6,9-10H2,1-3H3,(H,19,22). The van der Waals surface area contributed by atoms with Crippen molar-refractivity contribution in [1.82, 2.24) is 16.2 Å². The maximum atomic E-state index is 12.3. The van der Waals surface area contributed by atoms with Gasteiger partial charge in [0.15, 0.2) is 0 Å². The molecule has 2 aliphatic rings. The maximum Gasteiger partial charge on any atom is 0.220 e. The summed E-state index contributed by atoms with van der Waals surface area (Å²) in [6, 6.07) is 4.96.